The topological polar surface area (TPSA) is 20.3 Å². The van der Waals surface area contributed by atoms with Crippen molar-refractivity contribution in [3.8, 4) is 0 Å². The lowest BCUT2D eigenvalue weighted by Gasteiger charge is -2.31. The molecule has 0 aliphatic carbocycles. The van der Waals surface area contributed by atoms with Crippen molar-refractivity contribution in [1.82, 2.24) is 4.90 Å². The lowest BCUT2D eigenvalue weighted by atomic mass is 9.88. The van der Waals surface area contributed by atoms with E-state index in [1.807, 2.05) is 12.1 Å². The maximum Gasteiger partial charge on any atom is 0.140 e. The molecule has 0 unspecified atom stereocenters. The average molecular weight is 307 g/mol. The largest absolute Gasteiger partial charge is 0.299 e. The third-order valence-electron chi connectivity index (χ3n) is 4.92. The molecule has 0 spiro atoms. The molecule has 0 amide bonds. The van der Waals surface area contributed by atoms with Crippen LogP contribution in [-0.2, 0) is 17.8 Å². The molecule has 2 heteroatoms. The number of hydrogen-bond donors (Lipinski definition) is 0. The van der Waals surface area contributed by atoms with Crippen LogP contribution in [0.15, 0.2) is 54.6 Å². The number of likely N-dealkylation sites (tertiary alicyclic amines) is 1. The van der Waals surface area contributed by atoms with E-state index in [-0.39, 0.29) is 5.92 Å². The molecular formula is C21H25NO. The lowest BCUT2D eigenvalue weighted by Crippen LogP contribution is -2.36. The third-order valence-corrected chi connectivity index (χ3v) is 4.92. The predicted octanol–water partition coefficient (Wildman–Crippen LogP) is 4.02. The zero-order chi connectivity index (χ0) is 16.1. The van der Waals surface area contributed by atoms with E-state index in [1.165, 1.54) is 16.7 Å². The van der Waals surface area contributed by atoms with E-state index in [9.17, 15) is 4.79 Å². The average Bonchev–Trinajstić information content (AvgIpc) is 2.58. The Kier molecular flexibility index (Phi) is 5.24. The third kappa shape index (κ3) is 4.29. The zero-order valence-electron chi connectivity index (χ0n) is 13.9. The molecule has 1 heterocycles. The smallest absolute Gasteiger partial charge is 0.140 e. The molecule has 1 saturated heterocycles. The molecule has 3 rings (SSSR count). The first-order chi connectivity index (χ1) is 11.2. The van der Waals surface area contributed by atoms with Crippen LogP contribution in [0, 0.1) is 12.8 Å². The van der Waals surface area contributed by atoms with Crippen LogP contribution in [0.1, 0.15) is 29.5 Å². The lowest BCUT2D eigenvalue weighted by molar-refractivity contribution is -0.123. The van der Waals surface area contributed by atoms with E-state index in [0.29, 0.717) is 12.2 Å². The van der Waals surface area contributed by atoms with Crippen LogP contribution in [0.3, 0.4) is 0 Å². The summed E-state index contributed by atoms with van der Waals surface area (Å²) in [5, 5.41) is 0. The maximum atomic E-state index is 12.6. The van der Waals surface area contributed by atoms with Gasteiger partial charge in [0.05, 0.1) is 0 Å². The Morgan fingerprint density at radius 3 is 2.35 bits per heavy atom. The van der Waals surface area contributed by atoms with Gasteiger partial charge in [-0.05, 0) is 49.5 Å². The summed E-state index contributed by atoms with van der Waals surface area (Å²) in [6, 6.07) is 18.8. The maximum absolute atomic E-state index is 12.6. The first-order valence-corrected chi connectivity index (χ1v) is 8.56. The van der Waals surface area contributed by atoms with Gasteiger partial charge in [0.2, 0.25) is 0 Å². The molecule has 2 aromatic carbocycles. The minimum absolute atomic E-state index is 0.238. The van der Waals surface area contributed by atoms with Gasteiger partial charge in [-0.3, -0.25) is 9.69 Å². The van der Waals surface area contributed by atoms with Gasteiger partial charge >= 0.3 is 0 Å². The normalized spacial score (nSPS) is 16.4. The van der Waals surface area contributed by atoms with Crippen molar-refractivity contribution < 1.29 is 4.79 Å². The number of rotatable bonds is 5. The Morgan fingerprint density at radius 2 is 1.65 bits per heavy atom. The molecule has 2 aromatic rings. The van der Waals surface area contributed by atoms with Crippen molar-refractivity contribution in [2.24, 2.45) is 5.92 Å². The van der Waals surface area contributed by atoms with Crippen molar-refractivity contribution in [1.29, 1.82) is 0 Å². The predicted molar refractivity (Wildman–Crippen MR) is 94.3 cm³/mol. The second-order valence-corrected chi connectivity index (χ2v) is 6.61. The summed E-state index contributed by atoms with van der Waals surface area (Å²) in [5.41, 5.74) is 3.77. The van der Waals surface area contributed by atoms with E-state index in [0.717, 1.165) is 32.5 Å². The number of hydrogen-bond acceptors (Lipinski definition) is 2. The second-order valence-electron chi connectivity index (χ2n) is 6.61. The van der Waals surface area contributed by atoms with Gasteiger partial charge in [0.1, 0.15) is 5.78 Å². The molecule has 0 saturated carbocycles. The number of carbonyl (C=O) groups is 1. The number of nitrogens with zero attached hydrogens (tertiary/aromatic N) is 1. The van der Waals surface area contributed by atoms with Gasteiger partial charge in [-0.1, -0.05) is 54.6 Å². The van der Waals surface area contributed by atoms with Crippen LogP contribution in [0.25, 0.3) is 0 Å². The molecule has 0 bridgehead atoms. The van der Waals surface area contributed by atoms with Crippen LogP contribution in [0.5, 0.6) is 0 Å². The fourth-order valence-corrected chi connectivity index (χ4v) is 3.40. The SMILES string of the molecule is Cc1ccccc1CC(=O)C1CCN(Cc2ccccc2)CC1. The van der Waals surface area contributed by atoms with E-state index in [1.54, 1.807) is 0 Å². The molecule has 0 atom stereocenters. The fraction of sp³-hybridized carbons (Fsp3) is 0.381. The summed E-state index contributed by atoms with van der Waals surface area (Å²) in [7, 11) is 0. The number of ketones is 1. The monoisotopic (exact) mass is 307 g/mol. The van der Waals surface area contributed by atoms with E-state index in [2.05, 4.69) is 54.3 Å². The number of carbonyl (C=O) groups excluding carboxylic acids is 1. The fourth-order valence-electron chi connectivity index (χ4n) is 3.40. The molecular weight excluding hydrogens is 282 g/mol. The number of Topliss-reactive ketones (excluding diaryl/α,β-unsaturated/α-hetero) is 1. The minimum Gasteiger partial charge on any atom is -0.299 e. The van der Waals surface area contributed by atoms with Gasteiger partial charge in [-0.2, -0.15) is 0 Å². The van der Waals surface area contributed by atoms with Gasteiger partial charge in [0, 0.05) is 18.9 Å². The van der Waals surface area contributed by atoms with Gasteiger partial charge < -0.3 is 0 Å². The van der Waals surface area contributed by atoms with E-state index >= 15 is 0 Å². The highest BCUT2D eigenvalue weighted by Crippen LogP contribution is 2.22. The zero-order valence-corrected chi connectivity index (χ0v) is 13.9. The Bertz CT molecular complexity index is 642. The highest BCUT2D eigenvalue weighted by atomic mass is 16.1. The van der Waals surface area contributed by atoms with Crippen LogP contribution in [0.2, 0.25) is 0 Å². The quantitative estimate of drug-likeness (QED) is 0.831. The minimum atomic E-state index is 0.238. The molecule has 23 heavy (non-hydrogen) atoms. The highest BCUT2D eigenvalue weighted by Gasteiger charge is 2.25. The van der Waals surface area contributed by atoms with E-state index in [4.69, 9.17) is 0 Å². The first-order valence-electron chi connectivity index (χ1n) is 8.56. The number of aryl methyl sites for hydroxylation is 1. The number of benzene rings is 2. The summed E-state index contributed by atoms with van der Waals surface area (Å²) >= 11 is 0. The second kappa shape index (κ2) is 7.56. The Morgan fingerprint density at radius 1 is 1.00 bits per heavy atom. The molecule has 120 valence electrons. The van der Waals surface area contributed by atoms with Crippen LogP contribution in [-0.4, -0.2) is 23.8 Å². The van der Waals surface area contributed by atoms with Crippen molar-refractivity contribution in [2.75, 3.05) is 13.1 Å². The molecule has 1 aliphatic rings. The standard InChI is InChI=1S/C21H25NO/c1-17-7-5-6-10-20(17)15-21(23)19-11-13-22(14-12-19)16-18-8-3-2-4-9-18/h2-10,19H,11-16H2,1H3. The van der Waals surface area contributed by atoms with Crippen molar-refractivity contribution >= 4 is 5.78 Å². The summed E-state index contributed by atoms with van der Waals surface area (Å²) < 4.78 is 0. The molecule has 1 fully saturated rings. The van der Waals surface area contributed by atoms with Gasteiger partial charge in [-0.15, -0.1) is 0 Å². The highest BCUT2D eigenvalue weighted by molar-refractivity contribution is 5.83. The van der Waals surface area contributed by atoms with Gasteiger partial charge in [0.25, 0.3) is 0 Å². The first kappa shape index (κ1) is 15.9. The van der Waals surface area contributed by atoms with Crippen molar-refractivity contribution in [3.05, 3.63) is 71.3 Å². The van der Waals surface area contributed by atoms with Crippen LogP contribution < -0.4 is 0 Å². The summed E-state index contributed by atoms with van der Waals surface area (Å²) in [6.07, 6.45) is 2.59. The van der Waals surface area contributed by atoms with Crippen LogP contribution in [0.4, 0.5) is 0 Å². The summed E-state index contributed by atoms with van der Waals surface area (Å²) in [5.74, 6) is 0.653. The molecule has 0 N–H and O–H groups in total. The van der Waals surface area contributed by atoms with Gasteiger partial charge in [-0.25, -0.2) is 0 Å². The van der Waals surface area contributed by atoms with Crippen LogP contribution >= 0.6 is 0 Å². The summed E-state index contributed by atoms with van der Waals surface area (Å²) in [6.45, 7) is 5.14. The van der Waals surface area contributed by atoms with E-state index < -0.39 is 0 Å². The van der Waals surface area contributed by atoms with Gasteiger partial charge in [0.15, 0.2) is 0 Å². The summed E-state index contributed by atoms with van der Waals surface area (Å²) in [4.78, 5) is 15.0. The Balaban J connectivity index is 1.50. The molecule has 0 aromatic heterocycles. The molecule has 1 aliphatic heterocycles. The Labute approximate surface area is 139 Å². The number of piperidine rings is 1. The van der Waals surface area contributed by atoms with Crippen molar-refractivity contribution in [3.63, 3.8) is 0 Å². The van der Waals surface area contributed by atoms with Crippen molar-refractivity contribution in [2.45, 2.75) is 32.7 Å². The Hall–Kier alpha value is -1.93. The molecule has 0 radical (unpaired) electrons. The molecule has 2 nitrogen and oxygen atoms in total.